The Morgan fingerprint density at radius 1 is 1.02 bits per heavy atom. The summed E-state index contributed by atoms with van der Waals surface area (Å²) in [6.45, 7) is 5.04. The van der Waals surface area contributed by atoms with Crippen molar-refractivity contribution >= 4 is 17.5 Å². The van der Waals surface area contributed by atoms with E-state index in [1.807, 2.05) is 17.0 Å². The number of benzene rings is 2. The zero-order chi connectivity index (χ0) is 31.7. The van der Waals surface area contributed by atoms with Crippen molar-refractivity contribution in [2.24, 2.45) is 29.1 Å². The number of anilines is 1. The van der Waals surface area contributed by atoms with Crippen LogP contribution in [-0.4, -0.2) is 52.3 Å². The van der Waals surface area contributed by atoms with Crippen molar-refractivity contribution in [1.29, 1.82) is 0 Å². The number of carbonyl (C=O) groups excluding carboxylic acids is 2. The molecule has 0 aromatic heterocycles. The Bertz CT molecular complexity index is 1360. The summed E-state index contributed by atoms with van der Waals surface area (Å²) in [7, 11) is 0. The second-order valence-corrected chi connectivity index (χ2v) is 14.9. The molecule has 7 heteroatoms. The minimum Gasteiger partial charge on any atom is -0.508 e. The zero-order valence-electron chi connectivity index (χ0n) is 27.0. The molecule has 0 spiro atoms. The van der Waals surface area contributed by atoms with Crippen LogP contribution in [0.4, 0.5) is 10.1 Å². The Hall–Kier alpha value is -2.93. The molecule has 0 saturated heterocycles. The molecule has 0 aliphatic heterocycles. The van der Waals surface area contributed by atoms with E-state index in [9.17, 15) is 19.8 Å². The fourth-order valence-electron chi connectivity index (χ4n) is 9.78. The predicted octanol–water partition coefficient (Wildman–Crippen LogP) is 7.63. The van der Waals surface area contributed by atoms with Gasteiger partial charge in [-0.05, 0) is 128 Å². The van der Waals surface area contributed by atoms with Crippen LogP contribution in [0.1, 0.15) is 112 Å². The maximum atomic E-state index is 16.1. The average Bonchev–Trinajstić information content (AvgIpc) is 3.31. The van der Waals surface area contributed by atoms with Gasteiger partial charge in [0, 0.05) is 37.2 Å². The third-order valence-electron chi connectivity index (χ3n) is 12.0. The van der Waals surface area contributed by atoms with Gasteiger partial charge in [-0.3, -0.25) is 9.59 Å². The second-order valence-electron chi connectivity index (χ2n) is 14.9. The topological polar surface area (TPSA) is 89.9 Å². The number of amides is 2. The molecule has 6 unspecified atom stereocenters. The number of aliphatic hydroxyl groups is 1. The number of aliphatic hydroxyl groups excluding tert-OH is 1. The number of halogens is 1. The van der Waals surface area contributed by atoms with Gasteiger partial charge in [0.25, 0.3) is 5.91 Å². The Kier molecular flexibility index (Phi) is 9.56. The number of hydrogen-bond acceptors (Lipinski definition) is 4. The van der Waals surface area contributed by atoms with Crippen LogP contribution >= 0.6 is 0 Å². The van der Waals surface area contributed by atoms with Crippen LogP contribution in [0.3, 0.4) is 0 Å². The number of alkyl halides is 1. The minimum atomic E-state index is -1.00. The van der Waals surface area contributed by atoms with Crippen LogP contribution < -0.4 is 5.32 Å². The van der Waals surface area contributed by atoms with Gasteiger partial charge in [0.1, 0.15) is 11.9 Å². The van der Waals surface area contributed by atoms with E-state index in [0.29, 0.717) is 36.1 Å². The van der Waals surface area contributed by atoms with Crippen molar-refractivity contribution in [2.45, 2.75) is 109 Å². The van der Waals surface area contributed by atoms with Crippen molar-refractivity contribution in [2.75, 3.05) is 18.4 Å². The van der Waals surface area contributed by atoms with Gasteiger partial charge in [0.15, 0.2) is 0 Å². The van der Waals surface area contributed by atoms with Gasteiger partial charge in [-0.25, -0.2) is 4.39 Å². The summed E-state index contributed by atoms with van der Waals surface area (Å²) in [5, 5.41) is 24.0. The summed E-state index contributed by atoms with van der Waals surface area (Å²) in [6.07, 6.45) is 10.3. The Morgan fingerprint density at radius 3 is 2.51 bits per heavy atom. The van der Waals surface area contributed by atoms with Crippen molar-refractivity contribution in [3.05, 3.63) is 59.2 Å². The zero-order valence-corrected chi connectivity index (χ0v) is 27.0. The number of hydrogen-bond donors (Lipinski definition) is 3. The smallest absolute Gasteiger partial charge is 0.253 e. The van der Waals surface area contributed by atoms with Crippen LogP contribution in [0.5, 0.6) is 5.75 Å². The lowest BCUT2D eigenvalue weighted by Crippen LogP contribution is -2.51. The fourth-order valence-corrected chi connectivity index (χ4v) is 9.78. The first-order chi connectivity index (χ1) is 21.6. The quantitative estimate of drug-likeness (QED) is 0.252. The summed E-state index contributed by atoms with van der Waals surface area (Å²) in [4.78, 5) is 27.3. The highest BCUT2D eigenvalue weighted by molar-refractivity contribution is 5.95. The highest BCUT2D eigenvalue weighted by Crippen LogP contribution is 2.63. The highest BCUT2D eigenvalue weighted by Gasteiger charge is 2.59. The van der Waals surface area contributed by atoms with E-state index in [4.69, 9.17) is 0 Å². The summed E-state index contributed by atoms with van der Waals surface area (Å²) < 4.78 is 16.1. The SMILES string of the molecule is CC(=O)Nc1ccc(C(=O)N(CCCCC2Cc3cc(O)ccc3C3C(F)C[C@]4(C)C(O)CCC4C23)CC2CCCCC2)cc1. The fraction of sp³-hybridized carbons (Fsp3) is 0.632. The number of phenolic OH excluding ortho intramolecular Hbond substituents is 1. The number of carbonyl (C=O) groups is 2. The lowest BCUT2D eigenvalue weighted by Gasteiger charge is -2.54. The van der Waals surface area contributed by atoms with Gasteiger partial charge >= 0.3 is 0 Å². The van der Waals surface area contributed by atoms with Crippen LogP contribution in [-0.2, 0) is 11.2 Å². The molecule has 2 aromatic carbocycles. The third-order valence-corrected chi connectivity index (χ3v) is 12.0. The van der Waals surface area contributed by atoms with Crippen molar-refractivity contribution in [3.8, 4) is 5.75 Å². The van der Waals surface area contributed by atoms with E-state index in [1.165, 1.54) is 39.0 Å². The number of aromatic hydroxyl groups is 1. The summed E-state index contributed by atoms with van der Waals surface area (Å²) in [6, 6.07) is 12.7. The molecular formula is C38H51FN2O4. The standard InChI is InChI=1S/C38H51FN2O4/c1-24(42)40-29-13-11-26(12-14-29)37(45)41(23-25-8-4-3-5-9-25)19-7-6-10-27-20-28-21-30(43)15-16-31(28)36-33(39)22-38(2)32(35(27)36)17-18-34(38)44/h11-16,21,25,27,32-36,43-44H,3-10,17-20,22-23H2,1-2H3,(H,40,42)/t27?,32?,33?,34?,35?,36?,38-/m0/s1. The van der Waals surface area contributed by atoms with E-state index >= 15 is 4.39 Å². The average molecular weight is 619 g/mol. The van der Waals surface area contributed by atoms with E-state index in [2.05, 4.69) is 12.2 Å². The predicted molar refractivity (Wildman–Crippen MR) is 175 cm³/mol. The van der Waals surface area contributed by atoms with E-state index in [1.54, 1.807) is 30.3 Å². The van der Waals surface area contributed by atoms with Gasteiger partial charge in [-0.2, -0.15) is 0 Å². The first kappa shape index (κ1) is 32.0. The molecule has 0 radical (unpaired) electrons. The molecule has 6 nitrogen and oxygen atoms in total. The summed E-state index contributed by atoms with van der Waals surface area (Å²) >= 11 is 0. The Morgan fingerprint density at radius 2 is 1.78 bits per heavy atom. The number of unbranched alkanes of at least 4 members (excludes halogenated alkanes) is 1. The van der Waals surface area contributed by atoms with Gasteiger partial charge < -0.3 is 20.4 Å². The molecule has 7 atom stereocenters. The first-order valence-electron chi connectivity index (χ1n) is 17.4. The molecule has 3 fully saturated rings. The molecule has 2 aromatic rings. The largest absolute Gasteiger partial charge is 0.508 e. The third kappa shape index (κ3) is 6.65. The van der Waals surface area contributed by atoms with Crippen LogP contribution in [0.2, 0.25) is 0 Å². The molecule has 45 heavy (non-hydrogen) atoms. The van der Waals surface area contributed by atoms with Gasteiger partial charge in [-0.1, -0.05) is 38.7 Å². The Labute approximate surface area is 267 Å². The maximum absolute atomic E-state index is 16.1. The van der Waals surface area contributed by atoms with Crippen molar-refractivity contribution < 1.29 is 24.2 Å². The summed E-state index contributed by atoms with van der Waals surface area (Å²) in [5.41, 5.74) is 3.07. The van der Waals surface area contributed by atoms with Gasteiger partial charge in [-0.15, -0.1) is 0 Å². The number of nitrogens with zero attached hydrogens (tertiary/aromatic N) is 1. The van der Waals surface area contributed by atoms with Crippen molar-refractivity contribution in [3.63, 3.8) is 0 Å². The van der Waals surface area contributed by atoms with E-state index in [0.717, 1.165) is 56.2 Å². The molecule has 4 aliphatic carbocycles. The van der Waals surface area contributed by atoms with Crippen molar-refractivity contribution in [1.82, 2.24) is 4.90 Å². The van der Waals surface area contributed by atoms with Gasteiger partial charge in [0.05, 0.1) is 6.10 Å². The van der Waals surface area contributed by atoms with E-state index < -0.39 is 12.3 Å². The molecule has 0 bridgehead atoms. The van der Waals surface area contributed by atoms with E-state index in [-0.39, 0.29) is 40.7 Å². The molecule has 6 rings (SSSR count). The lowest BCUT2D eigenvalue weighted by molar-refractivity contribution is -0.114. The molecule has 4 aliphatic rings. The molecule has 0 heterocycles. The molecule has 244 valence electrons. The maximum Gasteiger partial charge on any atom is 0.253 e. The lowest BCUT2D eigenvalue weighted by atomic mass is 9.51. The normalized spacial score (nSPS) is 31.0. The van der Waals surface area contributed by atoms with Gasteiger partial charge in [0.2, 0.25) is 5.91 Å². The molecular weight excluding hydrogens is 567 g/mol. The van der Waals surface area contributed by atoms with Crippen LogP contribution in [0, 0.1) is 29.1 Å². The Balaban J connectivity index is 1.16. The molecule has 3 N–H and O–H groups in total. The molecule has 2 amide bonds. The highest BCUT2D eigenvalue weighted by atomic mass is 19.1. The second kappa shape index (κ2) is 13.4. The van der Waals surface area contributed by atoms with Crippen LogP contribution in [0.15, 0.2) is 42.5 Å². The number of nitrogens with one attached hydrogen (secondary N) is 1. The monoisotopic (exact) mass is 618 g/mol. The van der Waals surface area contributed by atoms with Crippen LogP contribution in [0.25, 0.3) is 0 Å². The minimum absolute atomic E-state index is 0.0420. The number of fused-ring (bicyclic) bond motifs is 5. The first-order valence-corrected chi connectivity index (χ1v) is 17.4. The molecule has 3 saturated carbocycles. The summed E-state index contributed by atoms with van der Waals surface area (Å²) in [5.74, 6) is 1.23. The number of rotatable bonds is 9. The number of phenols is 1.